The van der Waals surface area contributed by atoms with Crippen molar-refractivity contribution in [2.24, 2.45) is 5.92 Å². The third-order valence-corrected chi connectivity index (χ3v) is 7.89. The molecule has 6 heteroatoms. The summed E-state index contributed by atoms with van der Waals surface area (Å²) in [6.45, 7) is 4.64. The lowest BCUT2D eigenvalue weighted by Gasteiger charge is -2.35. The molecule has 0 N–H and O–H groups in total. The zero-order valence-corrected chi connectivity index (χ0v) is 16.1. The van der Waals surface area contributed by atoms with E-state index in [0.29, 0.717) is 16.0 Å². The molecule has 3 rings (SSSR count). The minimum atomic E-state index is -3.45. The van der Waals surface area contributed by atoms with Gasteiger partial charge in [-0.05, 0) is 75.4 Å². The first-order valence-corrected chi connectivity index (χ1v) is 10.7. The molecule has 0 radical (unpaired) electrons. The van der Waals surface area contributed by atoms with Crippen LogP contribution in [0.5, 0.6) is 0 Å². The van der Waals surface area contributed by atoms with E-state index in [1.54, 1.807) is 35.6 Å². The van der Waals surface area contributed by atoms with Crippen molar-refractivity contribution in [2.45, 2.75) is 56.0 Å². The van der Waals surface area contributed by atoms with Crippen LogP contribution in [0.3, 0.4) is 0 Å². The van der Waals surface area contributed by atoms with Crippen molar-refractivity contribution in [3.05, 3.63) is 29.3 Å². The second-order valence-corrected chi connectivity index (χ2v) is 9.75. The van der Waals surface area contributed by atoms with Crippen molar-refractivity contribution in [3.63, 3.8) is 0 Å². The summed E-state index contributed by atoms with van der Waals surface area (Å²) in [5, 5.41) is 0.553. The van der Waals surface area contributed by atoms with Crippen molar-refractivity contribution in [1.29, 1.82) is 0 Å². The van der Waals surface area contributed by atoms with Crippen LogP contribution in [0.1, 0.15) is 39.0 Å². The summed E-state index contributed by atoms with van der Waals surface area (Å²) in [5.41, 5.74) is 0. The summed E-state index contributed by atoms with van der Waals surface area (Å²) < 4.78 is 27.2. The molecule has 0 bridgehead atoms. The van der Waals surface area contributed by atoms with E-state index in [0.717, 1.165) is 38.3 Å². The summed E-state index contributed by atoms with van der Waals surface area (Å²) >= 11 is 5.87. The van der Waals surface area contributed by atoms with E-state index >= 15 is 0 Å². The number of hydrogen-bond donors (Lipinski definition) is 0. The number of hydrogen-bond acceptors (Lipinski definition) is 3. The minimum Gasteiger partial charge on any atom is -0.300 e. The second-order valence-electron chi connectivity index (χ2n) is 7.31. The topological polar surface area (TPSA) is 40.6 Å². The first-order chi connectivity index (χ1) is 11.4. The predicted octanol–water partition coefficient (Wildman–Crippen LogP) is 3.61. The molecule has 1 aliphatic heterocycles. The maximum atomic E-state index is 12.8. The molecular weight excluding hydrogens is 344 g/mol. The van der Waals surface area contributed by atoms with Gasteiger partial charge in [-0.3, -0.25) is 0 Å². The average molecular weight is 371 g/mol. The standard InChI is InChI=1S/C18H27ClN2O2S/c1-14-9-11-21(12-10-14)17-6-5-16(13-17)20(2)24(22,23)18-7-3-15(19)4-8-18/h3-4,7-8,14,16-17H,5-6,9-13H2,1-2H3. The molecule has 0 spiro atoms. The molecule has 2 unspecified atom stereocenters. The van der Waals surface area contributed by atoms with Crippen molar-refractivity contribution in [2.75, 3.05) is 20.1 Å². The van der Waals surface area contributed by atoms with Crippen LogP contribution in [-0.4, -0.2) is 49.8 Å². The number of piperidine rings is 1. The lowest BCUT2D eigenvalue weighted by Crippen LogP contribution is -2.41. The molecule has 1 heterocycles. The molecular formula is C18H27ClN2O2S. The Hall–Kier alpha value is -0.620. The van der Waals surface area contributed by atoms with Gasteiger partial charge >= 0.3 is 0 Å². The highest BCUT2D eigenvalue weighted by Crippen LogP contribution is 2.32. The van der Waals surface area contributed by atoms with Crippen LogP contribution < -0.4 is 0 Å². The van der Waals surface area contributed by atoms with Gasteiger partial charge in [0.2, 0.25) is 10.0 Å². The Labute approximate surface area is 150 Å². The Kier molecular flexibility index (Phi) is 5.55. The van der Waals surface area contributed by atoms with Crippen LogP contribution >= 0.6 is 11.6 Å². The van der Waals surface area contributed by atoms with E-state index in [1.165, 1.54) is 12.8 Å². The molecule has 0 aromatic heterocycles. The van der Waals surface area contributed by atoms with Crippen LogP contribution in [0.15, 0.2) is 29.2 Å². The van der Waals surface area contributed by atoms with Gasteiger partial charge in [0.15, 0.2) is 0 Å². The number of halogens is 1. The van der Waals surface area contributed by atoms with Crippen LogP contribution in [0.25, 0.3) is 0 Å². The highest BCUT2D eigenvalue weighted by Gasteiger charge is 2.36. The third-order valence-electron chi connectivity index (χ3n) is 5.72. The van der Waals surface area contributed by atoms with Crippen LogP contribution in [0.4, 0.5) is 0 Å². The Morgan fingerprint density at radius 3 is 2.33 bits per heavy atom. The fourth-order valence-electron chi connectivity index (χ4n) is 3.96. The third kappa shape index (κ3) is 3.79. The zero-order valence-electron chi connectivity index (χ0n) is 14.5. The number of benzene rings is 1. The van der Waals surface area contributed by atoms with Crippen molar-refractivity contribution < 1.29 is 8.42 Å². The molecule has 1 aliphatic carbocycles. The molecule has 1 aromatic carbocycles. The molecule has 1 aromatic rings. The van der Waals surface area contributed by atoms with Gasteiger partial charge in [0.1, 0.15) is 0 Å². The van der Waals surface area contributed by atoms with Crippen molar-refractivity contribution in [1.82, 2.24) is 9.21 Å². The smallest absolute Gasteiger partial charge is 0.243 e. The minimum absolute atomic E-state index is 0.0926. The van der Waals surface area contributed by atoms with Crippen LogP contribution in [0, 0.1) is 5.92 Å². The largest absolute Gasteiger partial charge is 0.300 e. The second kappa shape index (κ2) is 7.32. The quantitative estimate of drug-likeness (QED) is 0.812. The summed E-state index contributed by atoms with van der Waals surface area (Å²) in [6.07, 6.45) is 5.51. The molecule has 24 heavy (non-hydrogen) atoms. The molecule has 1 saturated heterocycles. The molecule has 1 saturated carbocycles. The van der Waals surface area contributed by atoms with Crippen LogP contribution in [0.2, 0.25) is 5.02 Å². The highest BCUT2D eigenvalue weighted by atomic mass is 35.5. The molecule has 4 nitrogen and oxygen atoms in total. The maximum Gasteiger partial charge on any atom is 0.243 e. The SMILES string of the molecule is CC1CCN(C2CCC(N(C)S(=O)(=O)c3ccc(Cl)cc3)C2)CC1. The number of rotatable bonds is 4. The van der Waals surface area contributed by atoms with Gasteiger partial charge in [-0.2, -0.15) is 4.31 Å². The average Bonchev–Trinajstić information content (AvgIpc) is 3.05. The van der Waals surface area contributed by atoms with Gasteiger partial charge in [-0.25, -0.2) is 8.42 Å². The van der Waals surface area contributed by atoms with Crippen molar-refractivity contribution >= 4 is 21.6 Å². The first-order valence-electron chi connectivity index (χ1n) is 8.85. The fourth-order valence-corrected chi connectivity index (χ4v) is 5.48. The van der Waals surface area contributed by atoms with E-state index in [9.17, 15) is 8.42 Å². The number of sulfonamides is 1. The Morgan fingerprint density at radius 2 is 1.71 bits per heavy atom. The maximum absolute atomic E-state index is 12.8. The highest BCUT2D eigenvalue weighted by molar-refractivity contribution is 7.89. The Bertz CT molecular complexity index is 654. The van der Waals surface area contributed by atoms with E-state index in [1.807, 2.05) is 0 Å². The van der Waals surface area contributed by atoms with E-state index in [-0.39, 0.29) is 6.04 Å². The Morgan fingerprint density at radius 1 is 1.08 bits per heavy atom. The van der Waals surface area contributed by atoms with Crippen molar-refractivity contribution in [3.8, 4) is 0 Å². The first kappa shape index (κ1) is 18.2. The van der Waals surface area contributed by atoms with Gasteiger partial charge in [0, 0.05) is 24.2 Å². The fraction of sp³-hybridized carbons (Fsp3) is 0.667. The predicted molar refractivity (Wildman–Crippen MR) is 97.8 cm³/mol. The summed E-state index contributed by atoms with van der Waals surface area (Å²) in [5.74, 6) is 0.825. The number of likely N-dealkylation sites (tertiary alicyclic amines) is 1. The summed E-state index contributed by atoms with van der Waals surface area (Å²) in [7, 11) is -1.73. The lowest BCUT2D eigenvalue weighted by molar-refractivity contribution is 0.136. The van der Waals surface area contributed by atoms with Gasteiger partial charge in [-0.15, -0.1) is 0 Å². The normalized spacial score (nSPS) is 27.0. The molecule has 0 amide bonds. The van der Waals surface area contributed by atoms with Gasteiger partial charge in [0.05, 0.1) is 4.90 Å². The number of nitrogens with zero attached hydrogens (tertiary/aromatic N) is 2. The monoisotopic (exact) mass is 370 g/mol. The van der Waals surface area contributed by atoms with E-state index in [4.69, 9.17) is 11.6 Å². The Balaban J connectivity index is 1.65. The zero-order chi connectivity index (χ0) is 17.3. The van der Waals surface area contributed by atoms with Gasteiger partial charge < -0.3 is 4.90 Å². The van der Waals surface area contributed by atoms with Crippen LogP contribution in [-0.2, 0) is 10.0 Å². The molecule has 2 aliphatic rings. The lowest BCUT2D eigenvalue weighted by atomic mass is 9.97. The molecule has 2 atom stereocenters. The van der Waals surface area contributed by atoms with E-state index in [2.05, 4.69) is 11.8 Å². The molecule has 134 valence electrons. The summed E-state index contributed by atoms with van der Waals surface area (Å²) in [4.78, 5) is 2.90. The molecule has 2 fully saturated rings. The van der Waals surface area contributed by atoms with Gasteiger partial charge in [0.25, 0.3) is 0 Å². The summed E-state index contributed by atoms with van der Waals surface area (Å²) in [6, 6.07) is 7.07. The van der Waals surface area contributed by atoms with Gasteiger partial charge in [-0.1, -0.05) is 18.5 Å². The van der Waals surface area contributed by atoms with E-state index < -0.39 is 10.0 Å².